The fraction of sp³-hybridized carbons (Fsp3) is 0.174. The Balaban J connectivity index is 1.37. The highest BCUT2D eigenvalue weighted by Gasteiger charge is 2.11. The van der Waals surface area contributed by atoms with Crippen molar-refractivity contribution in [3.8, 4) is 6.07 Å². The van der Waals surface area contributed by atoms with Crippen LogP contribution < -0.4 is 5.32 Å². The second-order valence-electron chi connectivity index (χ2n) is 6.85. The summed E-state index contributed by atoms with van der Waals surface area (Å²) in [6.45, 7) is 2.56. The number of nitrogens with one attached hydrogen (secondary N) is 2. The molecule has 0 fully saturated rings. The molecule has 2 N–H and O–H groups in total. The summed E-state index contributed by atoms with van der Waals surface area (Å²) in [6, 6.07) is 18.1. The van der Waals surface area contributed by atoms with Crippen LogP contribution in [-0.2, 0) is 11.2 Å². The minimum atomic E-state index is -0.0644. The van der Waals surface area contributed by atoms with Crippen LogP contribution in [0.5, 0.6) is 0 Å². The second kappa shape index (κ2) is 8.38. The van der Waals surface area contributed by atoms with Gasteiger partial charge in [-0.1, -0.05) is 48.2 Å². The van der Waals surface area contributed by atoms with Crippen molar-refractivity contribution in [1.82, 2.24) is 15.3 Å². The summed E-state index contributed by atoms with van der Waals surface area (Å²) in [5, 5.41) is 15.1. The van der Waals surface area contributed by atoms with E-state index in [0.29, 0.717) is 17.1 Å². The van der Waals surface area contributed by atoms with E-state index in [2.05, 4.69) is 27.4 Å². The van der Waals surface area contributed by atoms with Crippen LogP contribution in [0.15, 0.2) is 59.8 Å². The van der Waals surface area contributed by atoms with E-state index in [1.54, 1.807) is 0 Å². The number of hydrogen-bond acceptors (Lipinski definition) is 4. The molecule has 0 bridgehead atoms. The van der Waals surface area contributed by atoms with Crippen LogP contribution in [0.1, 0.15) is 16.7 Å². The van der Waals surface area contributed by atoms with Crippen molar-refractivity contribution in [1.29, 1.82) is 5.26 Å². The van der Waals surface area contributed by atoms with Gasteiger partial charge in [0, 0.05) is 29.0 Å². The molecule has 0 saturated carbocycles. The lowest BCUT2D eigenvalue weighted by Crippen LogP contribution is -2.27. The highest BCUT2D eigenvalue weighted by atomic mass is 32.2. The minimum Gasteiger partial charge on any atom is -0.361 e. The molecule has 0 aliphatic carbocycles. The number of pyridine rings is 1. The van der Waals surface area contributed by atoms with E-state index in [4.69, 9.17) is 0 Å². The number of para-hydroxylation sites is 2. The number of fused-ring (bicyclic) bond motifs is 2. The van der Waals surface area contributed by atoms with Gasteiger partial charge in [0.05, 0.1) is 16.8 Å². The van der Waals surface area contributed by atoms with Crippen LogP contribution in [0.2, 0.25) is 0 Å². The third kappa shape index (κ3) is 4.10. The van der Waals surface area contributed by atoms with E-state index < -0.39 is 0 Å². The lowest BCUT2D eigenvalue weighted by Gasteiger charge is -2.08. The maximum Gasteiger partial charge on any atom is 0.230 e. The van der Waals surface area contributed by atoms with E-state index in [-0.39, 0.29) is 11.7 Å². The summed E-state index contributed by atoms with van der Waals surface area (Å²) in [7, 11) is 0. The van der Waals surface area contributed by atoms with Crippen LogP contribution in [-0.4, -0.2) is 28.2 Å². The SMILES string of the molecule is Cc1cccc2cc(C#N)c(SCC(=O)NCCc3c[nH]c4ccccc34)nc12. The first-order chi connectivity index (χ1) is 14.2. The number of nitrogens with zero attached hydrogens (tertiary/aromatic N) is 2. The molecule has 2 aromatic carbocycles. The third-order valence-electron chi connectivity index (χ3n) is 4.86. The van der Waals surface area contributed by atoms with Crippen molar-refractivity contribution in [2.75, 3.05) is 12.3 Å². The monoisotopic (exact) mass is 400 g/mol. The minimum absolute atomic E-state index is 0.0644. The van der Waals surface area contributed by atoms with Gasteiger partial charge in [0.2, 0.25) is 5.91 Å². The maximum absolute atomic E-state index is 12.3. The number of benzene rings is 2. The van der Waals surface area contributed by atoms with Crippen molar-refractivity contribution in [3.05, 3.63) is 71.4 Å². The number of hydrogen-bond donors (Lipinski definition) is 2. The zero-order chi connectivity index (χ0) is 20.2. The molecule has 0 radical (unpaired) electrons. The number of H-pyrrole nitrogens is 1. The number of aromatic amines is 1. The van der Waals surface area contributed by atoms with Gasteiger partial charge >= 0.3 is 0 Å². The third-order valence-corrected chi connectivity index (χ3v) is 5.86. The summed E-state index contributed by atoms with van der Waals surface area (Å²) in [5.41, 5.74) is 4.71. The Hall–Kier alpha value is -3.30. The Morgan fingerprint density at radius 1 is 1.24 bits per heavy atom. The smallest absolute Gasteiger partial charge is 0.230 e. The molecular weight excluding hydrogens is 380 g/mol. The summed E-state index contributed by atoms with van der Waals surface area (Å²) < 4.78 is 0. The van der Waals surface area contributed by atoms with Crippen LogP contribution in [0.25, 0.3) is 21.8 Å². The zero-order valence-electron chi connectivity index (χ0n) is 16.0. The van der Waals surface area contributed by atoms with E-state index >= 15 is 0 Å². The predicted octanol–water partition coefficient (Wildman–Crippen LogP) is 4.35. The predicted molar refractivity (Wildman–Crippen MR) is 117 cm³/mol. The van der Waals surface area contributed by atoms with Gasteiger partial charge in [-0.2, -0.15) is 5.26 Å². The van der Waals surface area contributed by atoms with Crippen molar-refractivity contribution < 1.29 is 4.79 Å². The van der Waals surface area contributed by atoms with Crippen molar-refractivity contribution in [2.24, 2.45) is 0 Å². The summed E-state index contributed by atoms with van der Waals surface area (Å²) in [6.07, 6.45) is 2.75. The number of rotatable bonds is 6. The summed E-state index contributed by atoms with van der Waals surface area (Å²) in [5.74, 6) is 0.165. The standard InChI is InChI=1S/C23H20N4OS/c1-15-5-4-6-16-11-18(12-24)23(27-22(15)16)29-14-21(28)25-10-9-17-13-26-20-8-3-2-7-19(17)20/h2-8,11,13,26H,9-10,14H2,1H3,(H,25,28). The number of amides is 1. The lowest BCUT2D eigenvalue weighted by molar-refractivity contribution is -0.118. The highest BCUT2D eigenvalue weighted by Crippen LogP contribution is 2.26. The molecule has 4 rings (SSSR count). The van der Waals surface area contributed by atoms with E-state index in [1.165, 1.54) is 22.7 Å². The molecule has 0 saturated heterocycles. The average Bonchev–Trinajstić information content (AvgIpc) is 3.15. The number of carbonyl (C=O) groups is 1. The maximum atomic E-state index is 12.3. The summed E-state index contributed by atoms with van der Waals surface area (Å²) >= 11 is 1.30. The Kier molecular flexibility index (Phi) is 5.50. The zero-order valence-corrected chi connectivity index (χ0v) is 16.8. The first-order valence-corrected chi connectivity index (χ1v) is 10.4. The molecule has 29 heavy (non-hydrogen) atoms. The van der Waals surface area contributed by atoms with Crippen molar-refractivity contribution in [2.45, 2.75) is 18.4 Å². The molecule has 1 amide bonds. The normalized spacial score (nSPS) is 10.9. The van der Waals surface area contributed by atoms with Gasteiger partial charge in [-0.3, -0.25) is 4.79 Å². The van der Waals surface area contributed by atoms with E-state index in [1.807, 2.05) is 55.6 Å². The number of nitriles is 1. The molecule has 5 nitrogen and oxygen atoms in total. The number of aromatic nitrogens is 2. The molecule has 2 aromatic heterocycles. The van der Waals surface area contributed by atoms with Gasteiger partial charge in [0.25, 0.3) is 0 Å². The van der Waals surface area contributed by atoms with Gasteiger partial charge in [0.1, 0.15) is 11.1 Å². The Labute approximate surface area is 173 Å². The molecule has 4 aromatic rings. The van der Waals surface area contributed by atoms with Gasteiger partial charge in [-0.05, 0) is 36.6 Å². The molecule has 0 aliphatic heterocycles. The Morgan fingerprint density at radius 3 is 2.97 bits per heavy atom. The Bertz CT molecular complexity index is 1240. The molecule has 0 spiro atoms. The van der Waals surface area contributed by atoms with E-state index in [9.17, 15) is 10.1 Å². The summed E-state index contributed by atoms with van der Waals surface area (Å²) in [4.78, 5) is 20.2. The van der Waals surface area contributed by atoms with Gasteiger partial charge in [-0.25, -0.2) is 4.98 Å². The number of aryl methyl sites for hydroxylation is 1. The first kappa shape index (κ1) is 19.0. The fourth-order valence-corrected chi connectivity index (χ4v) is 4.17. The van der Waals surface area contributed by atoms with Crippen LogP contribution in [0.3, 0.4) is 0 Å². The molecule has 0 unspecified atom stereocenters. The van der Waals surface area contributed by atoms with Gasteiger partial charge in [-0.15, -0.1) is 0 Å². The highest BCUT2D eigenvalue weighted by molar-refractivity contribution is 8.00. The molecule has 6 heteroatoms. The molecular formula is C23H20N4OS. The average molecular weight is 401 g/mol. The molecule has 144 valence electrons. The van der Waals surface area contributed by atoms with Gasteiger partial charge < -0.3 is 10.3 Å². The fourth-order valence-electron chi connectivity index (χ4n) is 3.38. The molecule has 2 heterocycles. The number of thioether (sulfide) groups is 1. The van der Waals surface area contributed by atoms with Crippen molar-refractivity contribution in [3.63, 3.8) is 0 Å². The van der Waals surface area contributed by atoms with Crippen LogP contribution in [0, 0.1) is 18.3 Å². The quantitative estimate of drug-likeness (QED) is 0.472. The van der Waals surface area contributed by atoms with E-state index in [0.717, 1.165) is 28.4 Å². The lowest BCUT2D eigenvalue weighted by atomic mass is 10.1. The topological polar surface area (TPSA) is 81.6 Å². The number of carbonyl (C=O) groups excluding carboxylic acids is 1. The second-order valence-corrected chi connectivity index (χ2v) is 7.81. The Morgan fingerprint density at radius 2 is 2.10 bits per heavy atom. The van der Waals surface area contributed by atoms with Crippen LogP contribution in [0.4, 0.5) is 0 Å². The van der Waals surface area contributed by atoms with Crippen LogP contribution >= 0.6 is 11.8 Å². The van der Waals surface area contributed by atoms with Gasteiger partial charge in [0.15, 0.2) is 0 Å². The largest absolute Gasteiger partial charge is 0.361 e. The molecule has 0 atom stereocenters. The molecule has 0 aliphatic rings. The first-order valence-electron chi connectivity index (χ1n) is 9.40. The van der Waals surface area contributed by atoms with Crippen molar-refractivity contribution >= 4 is 39.5 Å².